The van der Waals surface area contributed by atoms with E-state index in [1.807, 2.05) is 6.92 Å². The summed E-state index contributed by atoms with van der Waals surface area (Å²) in [7, 11) is 0. The van der Waals surface area contributed by atoms with Crippen LogP contribution in [0.3, 0.4) is 0 Å². The second kappa shape index (κ2) is 5.50. The highest BCUT2D eigenvalue weighted by Crippen LogP contribution is 2.20. The van der Waals surface area contributed by atoms with Crippen LogP contribution in [0.1, 0.15) is 15.9 Å². The molecule has 0 saturated carbocycles. The maximum absolute atomic E-state index is 12.0. The van der Waals surface area contributed by atoms with E-state index in [4.69, 9.17) is 11.6 Å². The first-order valence-corrected chi connectivity index (χ1v) is 6.42. The van der Waals surface area contributed by atoms with Crippen LogP contribution in [-0.2, 0) is 0 Å². The average molecular weight is 326 g/mol. The first-order chi connectivity index (χ1) is 8.56. The SMILES string of the molecule is Cc1cc(Cl)ccc1NC(=O)c1ccnc(Br)c1. The summed E-state index contributed by atoms with van der Waals surface area (Å²) in [4.78, 5) is 16.0. The van der Waals surface area contributed by atoms with Gasteiger partial charge in [-0.1, -0.05) is 11.6 Å². The highest BCUT2D eigenvalue weighted by molar-refractivity contribution is 9.10. The third-order valence-corrected chi connectivity index (χ3v) is 3.09. The summed E-state index contributed by atoms with van der Waals surface area (Å²) < 4.78 is 0.628. The first kappa shape index (κ1) is 13.1. The number of aryl methyl sites for hydroxylation is 1. The van der Waals surface area contributed by atoms with Gasteiger partial charge < -0.3 is 5.32 Å². The van der Waals surface area contributed by atoms with Crippen molar-refractivity contribution < 1.29 is 4.79 Å². The number of amides is 1. The van der Waals surface area contributed by atoms with Crippen LogP contribution in [0.25, 0.3) is 0 Å². The molecule has 0 unspecified atom stereocenters. The lowest BCUT2D eigenvalue weighted by Gasteiger charge is -2.08. The minimum atomic E-state index is -0.177. The van der Waals surface area contributed by atoms with Crippen LogP contribution in [0.5, 0.6) is 0 Å². The van der Waals surface area contributed by atoms with Gasteiger partial charge in [-0.05, 0) is 58.7 Å². The van der Waals surface area contributed by atoms with E-state index < -0.39 is 0 Å². The van der Waals surface area contributed by atoms with Crippen molar-refractivity contribution in [2.24, 2.45) is 0 Å². The normalized spacial score (nSPS) is 10.2. The number of nitrogens with one attached hydrogen (secondary N) is 1. The minimum Gasteiger partial charge on any atom is -0.322 e. The Bertz CT molecular complexity index is 601. The highest BCUT2D eigenvalue weighted by Gasteiger charge is 2.08. The molecule has 0 radical (unpaired) electrons. The molecule has 2 rings (SSSR count). The largest absolute Gasteiger partial charge is 0.322 e. The van der Waals surface area contributed by atoms with Crippen molar-refractivity contribution in [1.29, 1.82) is 0 Å². The van der Waals surface area contributed by atoms with Crippen LogP contribution in [0.4, 0.5) is 5.69 Å². The molecule has 3 nitrogen and oxygen atoms in total. The van der Waals surface area contributed by atoms with Crippen molar-refractivity contribution in [2.75, 3.05) is 5.32 Å². The number of pyridine rings is 1. The lowest BCUT2D eigenvalue weighted by Crippen LogP contribution is -2.12. The van der Waals surface area contributed by atoms with Gasteiger partial charge in [0.15, 0.2) is 0 Å². The van der Waals surface area contributed by atoms with Crippen molar-refractivity contribution in [2.45, 2.75) is 6.92 Å². The molecule has 0 aliphatic rings. The number of hydrogen-bond donors (Lipinski definition) is 1. The highest BCUT2D eigenvalue weighted by atomic mass is 79.9. The number of aromatic nitrogens is 1. The smallest absolute Gasteiger partial charge is 0.255 e. The second-order valence-corrected chi connectivity index (χ2v) is 5.03. The van der Waals surface area contributed by atoms with Crippen molar-refractivity contribution in [1.82, 2.24) is 4.98 Å². The molecule has 1 amide bonds. The monoisotopic (exact) mass is 324 g/mol. The number of halogens is 2. The van der Waals surface area contributed by atoms with E-state index in [1.54, 1.807) is 36.5 Å². The fraction of sp³-hybridized carbons (Fsp3) is 0.0769. The van der Waals surface area contributed by atoms with Gasteiger partial charge in [0.2, 0.25) is 0 Å². The Hall–Kier alpha value is -1.39. The molecule has 1 aromatic carbocycles. The summed E-state index contributed by atoms with van der Waals surface area (Å²) in [5, 5.41) is 3.48. The maximum atomic E-state index is 12.0. The third kappa shape index (κ3) is 3.09. The zero-order valence-electron chi connectivity index (χ0n) is 9.58. The van der Waals surface area contributed by atoms with Gasteiger partial charge in [0.25, 0.3) is 5.91 Å². The number of rotatable bonds is 2. The van der Waals surface area contributed by atoms with Crippen LogP contribution in [-0.4, -0.2) is 10.9 Å². The summed E-state index contributed by atoms with van der Waals surface area (Å²) in [6.45, 7) is 1.89. The van der Waals surface area contributed by atoms with Gasteiger partial charge in [-0.3, -0.25) is 4.79 Å². The molecule has 0 aliphatic heterocycles. The van der Waals surface area contributed by atoms with Gasteiger partial charge in [-0.25, -0.2) is 4.98 Å². The van der Waals surface area contributed by atoms with Crippen LogP contribution in [0.15, 0.2) is 41.1 Å². The van der Waals surface area contributed by atoms with Gasteiger partial charge in [0.05, 0.1) is 0 Å². The number of anilines is 1. The molecule has 0 fully saturated rings. The number of carbonyl (C=O) groups is 1. The van der Waals surface area contributed by atoms with E-state index in [-0.39, 0.29) is 5.91 Å². The van der Waals surface area contributed by atoms with E-state index in [9.17, 15) is 4.79 Å². The molecule has 0 spiro atoms. The van der Waals surface area contributed by atoms with Crippen LogP contribution >= 0.6 is 27.5 Å². The number of carbonyl (C=O) groups excluding carboxylic acids is 1. The van der Waals surface area contributed by atoms with Gasteiger partial charge >= 0.3 is 0 Å². The Kier molecular flexibility index (Phi) is 3.99. The topological polar surface area (TPSA) is 42.0 Å². The van der Waals surface area contributed by atoms with Gasteiger partial charge in [-0.15, -0.1) is 0 Å². The molecule has 2 aromatic rings. The predicted molar refractivity (Wildman–Crippen MR) is 76.1 cm³/mol. The molecule has 92 valence electrons. The number of hydrogen-bond acceptors (Lipinski definition) is 2. The fourth-order valence-corrected chi connectivity index (χ4v) is 2.10. The predicted octanol–water partition coefficient (Wildman–Crippen LogP) is 4.06. The van der Waals surface area contributed by atoms with Gasteiger partial charge in [0.1, 0.15) is 4.60 Å². The molecule has 0 saturated heterocycles. The Morgan fingerprint density at radius 1 is 1.33 bits per heavy atom. The van der Waals surface area contributed by atoms with E-state index in [0.29, 0.717) is 15.2 Å². The summed E-state index contributed by atoms with van der Waals surface area (Å²) in [5.41, 5.74) is 2.22. The molecular weight excluding hydrogens is 316 g/mol. The van der Waals surface area contributed by atoms with Crippen molar-refractivity contribution in [3.05, 3.63) is 57.3 Å². The van der Waals surface area contributed by atoms with Crippen molar-refractivity contribution in [3.8, 4) is 0 Å². The lowest BCUT2D eigenvalue weighted by atomic mass is 10.2. The minimum absolute atomic E-state index is 0.177. The fourth-order valence-electron chi connectivity index (χ4n) is 1.51. The van der Waals surface area contributed by atoms with E-state index in [2.05, 4.69) is 26.2 Å². The molecule has 18 heavy (non-hydrogen) atoms. The molecular formula is C13H10BrClN2O. The van der Waals surface area contributed by atoms with E-state index in [0.717, 1.165) is 11.3 Å². The molecule has 0 bridgehead atoms. The number of benzene rings is 1. The quantitative estimate of drug-likeness (QED) is 0.846. The Balaban J connectivity index is 2.21. The summed E-state index contributed by atoms with van der Waals surface area (Å²) in [6, 6.07) is 8.66. The van der Waals surface area contributed by atoms with Gasteiger partial charge in [0, 0.05) is 22.5 Å². The van der Waals surface area contributed by atoms with Crippen LogP contribution in [0, 0.1) is 6.92 Å². The van der Waals surface area contributed by atoms with Crippen molar-refractivity contribution in [3.63, 3.8) is 0 Å². The van der Waals surface area contributed by atoms with Crippen molar-refractivity contribution >= 4 is 39.1 Å². The number of nitrogens with zero attached hydrogens (tertiary/aromatic N) is 1. The van der Waals surface area contributed by atoms with E-state index in [1.165, 1.54) is 0 Å². The molecule has 1 N–H and O–H groups in total. The molecule has 0 aliphatic carbocycles. The molecule has 1 heterocycles. The van der Waals surface area contributed by atoms with E-state index >= 15 is 0 Å². The molecule has 5 heteroatoms. The van der Waals surface area contributed by atoms with Gasteiger partial charge in [-0.2, -0.15) is 0 Å². The lowest BCUT2D eigenvalue weighted by molar-refractivity contribution is 0.102. The summed E-state index contributed by atoms with van der Waals surface area (Å²) >= 11 is 9.10. The standard InChI is InChI=1S/C13H10BrClN2O/c1-8-6-10(15)2-3-11(8)17-13(18)9-4-5-16-12(14)7-9/h2-7H,1H3,(H,17,18). The zero-order valence-corrected chi connectivity index (χ0v) is 11.9. The Morgan fingerprint density at radius 3 is 2.78 bits per heavy atom. The summed E-state index contributed by atoms with van der Waals surface area (Å²) in [5.74, 6) is -0.177. The zero-order chi connectivity index (χ0) is 13.1. The maximum Gasteiger partial charge on any atom is 0.255 e. The Morgan fingerprint density at radius 2 is 2.11 bits per heavy atom. The molecule has 0 atom stereocenters. The van der Waals surface area contributed by atoms with Crippen LogP contribution in [0.2, 0.25) is 5.02 Å². The average Bonchev–Trinajstić information content (AvgIpc) is 2.32. The van der Waals surface area contributed by atoms with Crippen LogP contribution < -0.4 is 5.32 Å². The molecule has 1 aromatic heterocycles. The Labute approximate surface area is 118 Å². The second-order valence-electron chi connectivity index (χ2n) is 3.78. The summed E-state index contributed by atoms with van der Waals surface area (Å²) in [6.07, 6.45) is 1.58. The third-order valence-electron chi connectivity index (χ3n) is 2.43. The first-order valence-electron chi connectivity index (χ1n) is 5.25.